The summed E-state index contributed by atoms with van der Waals surface area (Å²) in [5.41, 5.74) is 4.04. The SMILES string of the molecule is Cc1ccccc1C(C)CCC(C)c1ccc(F)cc1. The Morgan fingerprint density at radius 2 is 1.45 bits per heavy atom. The number of halogens is 1. The molecule has 20 heavy (non-hydrogen) atoms. The number of rotatable bonds is 5. The maximum absolute atomic E-state index is 12.9. The molecule has 0 aliphatic heterocycles. The van der Waals surface area contributed by atoms with Gasteiger partial charge < -0.3 is 0 Å². The molecule has 0 radical (unpaired) electrons. The van der Waals surface area contributed by atoms with E-state index in [1.54, 1.807) is 12.1 Å². The van der Waals surface area contributed by atoms with Crippen molar-refractivity contribution in [2.24, 2.45) is 0 Å². The first kappa shape index (κ1) is 14.8. The highest BCUT2D eigenvalue weighted by Gasteiger charge is 2.11. The Morgan fingerprint density at radius 3 is 2.10 bits per heavy atom. The van der Waals surface area contributed by atoms with E-state index in [0.717, 1.165) is 12.8 Å². The quantitative estimate of drug-likeness (QED) is 0.642. The normalized spacial score (nSPS) is 14.0. The van der Waals surface area contributed by atoms with Gasteiger partial charge in [-0.1, -0.05) is 50.2 Å². The predicted octanol–water partition coefficient (Wildman–Crippen LogP) is 5.82. The third-order valence-corrected chi connectivity index (χ3v) is 4.19. The third kappa shape index (κ3) is 3.69. The lowest BCUT2D eigenvalue weighted by Gasteiger charge is -2.18. The molecule has 0 aliphatic rings. The van der Waals surface area contributed by atoms with Crippen LogP contribution in [0.3, 0.4) is 0 Å². The Hall–Kier alpha value is -1.63. The molecule has 0 fully saturated rings. The van der Waals surface area contributed by atoms with Crippen molar-refractivity contribution >= 4 is 0 Å². The van der Waals surface area contributed by atoms with Gasteiger partial charge in [-0.15, -0.1) is 0 Å². The van der Waals surface area contributed by atoms with Crippen molar-refractivity contribution in [2.75, 3.05) is 0 Å². The van der Waals surface area contributed by atoms with Crippen LogP contribution >= 0.6 is 0 Å². The Bertz CT molecular complexity index is 542. The van der Waals surface area contributed by atoms with Gasteiger partial charge in [0, 0.05) is 0 Å². The maximum Gasteiger partial charge on any atom is 0.123 e. The minimum Gasteiger partial charge on any atom is -0.207 e. The van der Waals surface area contributed by atoms with E-state index in [-0.39, 0.29) is 5.82 Å². The molecule has 0 saturated carbocycles. The highest BCUT2D eigenvalue weighted by molar-refractivity contribution is 5.28. The molecule has 2 aromatic carbocycles. The zero-order valence-electron chi connectivity index (χ0n) is 12.6. The van der Waals surface area contributed by atoms with E-state index >= 15 is 0 Å². The van der Waals surface area contributed by atoms with E-state index in [1.165, 1.54) is 16.7 Å². The minimum atomic E-state index is -0.158. The van der Waals surface area contributed by atoms with Crippen molar-refractivity contribution in [3.63, 3.8) is 0 Å². The maximum atomic E-state index is 12.9. The molecule has 0 amide bonds. The van der Waals surface area contributed by atoms with Crippen LogP contribution in [0.1, 0.15) is 55.2 Å². The molecule has 0 N–H and O–H groups in total. The van der Waals surface area contributed by atoms with Gasteiger partial charge in [0.2, 0.25) is 0 Å². The molecule has 0 nitrogen and oxygen atoms in total. The highest BCUT2D eigenvalue weighted by atomic mass is 19.1. The zero-order chi connectivity index (χ0) is 14.5. The number of hydrogen-bond acceptors (Lipinski definition) is 0. The van der Waals surface area contributed by atoms with Crippen LogP contribution in [0.15, 0.2) is 48.5 Å². The van der Waals surface area contributed by atoms with Crippen LogP contribution in [0.5, 0.6) is 0 Å². The molecule has 0 aromatic heterocycles. The summed E-state index contributed by atoms with van der Waals surface area (Å²) in [6.45, 7) is 6.69. The summed E-state index contributed by atoms with van der Waals surface area (Å²) in [5, 5.41) is 0. The van der Waals surface area contributed by atoms with E-state index in [9.17, 15) is 4.39 Å². The third-order valence-electron chi connectivity index (χ3n) is 4.19. The lowest BCUT2D eigenvalue weighted by atomic mass is 9.88. The van der Waals surface area contributed by atoms with Crippen LogP contribution in [-0.4, -0.2) is 0 Å². The molecule has 0 heterocycles. The minimum absolute atomic E-state index is 0.158. The Balaban J connectivity index is 1.95. The standard InChI is InChI=1S/C19H23F/c1-14(17-10-12-18(20)13-11-17)8-9-16(3)19-7-5-4-6-15(19)2/h4-7,10-14,16H,8-9H2,1-3H3. The summed E-state index contributed by atoms with van der Waals surface area (Å²) in [6.07, 6.45) is 2.28. The Morgan fingerprint density at radius 1 is 0.850 bits per heavy atom. The molecule has 0 saturated heterocycles. The second-order valence-electron chi connectivity index (χ2n) is 5.79. The smallest absolute Gasteiger partial charge is 0.123 e. The van der Waals surface area contributed by atoms with Gasteiger partial charge in [0.1, 0.15) is 5.82 Å². The lowest BCUT2D eigenvalue weighted by Crippen LogP contribution is -2.00. The molecule has 2 unspecified atom stereocenters. The average Bonchev–Trinajstić information content (AvgIpc) is 2.45. The van der Waals surface area contributed by atoms with Gasteiger partial charge in [-0.2, -0.15) is 0 Å². The van der Waals surface area contributed by atoms with E-state index in [1.807, 2.05) is 12.1 Å². The van der Waals surface area contributed by atoms with Crippen LogP contribution in [0.2, 0.25) is 0 Å². The summed E-state index contributed by atoms with van der Waals surface area (Å²) < 4.78 is 12.9. The molecule has 0 spiro atoms. The molecule has 2 rings (SSSR count). The van der Waals surface area contributed by atoms with Crippen molar-refractivity contribution in [3.05, 3.63) is 71.0 Å². The molecular weight excluding hydrogens is 247 g/mol. The van der Waals surface area contributed by atoms with Crippen LogP contribution in [0.4, 0.5) is 4.39 Å². The Kier molecular flexibility index (Phi) is 4.94. The van der Waals surface area contributed by atoms with Crippen LogP contribution in [0.25, 0.3) is 0 Å². The number of aryl methyl sites for hydroxylation is 1. The monoisotopic (exact) mass is 270 g/mol. The van der Waals surface area contributed by atoms with E-state index in [2.05, 4.69) is 45.0 Å². The van der Waals surface area contributed by atoms with E-state index in [0.29, 0.717) is 11.8 Å². The summed E-state index contributed by atoms with van der Waals surface area (Å²) in [6, 6.07) is 15.5. The van der Waals surface area contributed by atoms with Crippen molar-refractivity contribution < 1.29 is 4.39 Å². The van der Waals surface area contributed by atoms with Gasteiger partial charge in [-0.25, -0.2) is 4.39 Å². The van der Waals surface area contributed by atoms with Gasteiger partial charge in [0.15, 0.2) is 0 Å². The largest absolute Gasteiger partial charge is 0.207 e. The van der Waals surface area contributed by atoms with Gasteiger partial charge in [0.25, 0.3) is 0 Å². The fourth-order valence-corrected chi connectivity index (χ4v) is 2.75. The number of hydrogen-bond donors (Lipinski definition) is 0. The molecular formula is C19H23F. The summed E-state index contributed by atoms with van der Waals surface area (Å²) >= 11 is 0. The molecule has 2 aromatic rings. The van der Waals surface area contributed by atoms with Crippen LogP contribution in [0, 0.1) is 12.7 Å². The van der Waals surface area contributed by atoms with Crippen molar-refractivity contribution in [3.8, 4) is 0 Å². The second-order valence-corrected chi connectivity index (χ2v) is 5.79. The molecule has 2 atom stereocenters. The van der Waals surface area contributed by atoms with Crippen molar-refractivity contribution in [1.82, 2.24) is 0 Å². The summed E-state index contributed by atoms with van der Waals surface area (Å²) in [5.74, 6) is 0.885. The first-order valence-corrected chi connectivity index (χ1v) is 7.39. The fraction of sp³-hybridized carbons (Fsp3) is 0.368. The zero-order valence-corrected chi connectivity index (χ0v) is 12.6. The topological polar surface area (TPSA) is 0 Å². The second kappa shape index (κ2) is 6.69. The first-order chi connectivity index (χ1) is 9.58. The van der Waals surface area contributed by atoms with E-state index in [4.69, 9.17) is 0 Å². The lowest BCUT2D eigenvalue weighted by molar-refractivity contribution is 0.570. The van der Waals surface area contributed by atoms with Crippen LogP contribution < -0.4 is 0 Å². The van der Waals surface area contributed by atoms with Gasteiger partial charge in [0.05, 0.1) is 0 Å². The van der Waals surface area contributed by atoms with Crippen molar-refractivity contribution in [2.45, 2.75) is 45.4 Å². The fourth-order valence-electron chi connectivity index (χ4n) is 2.75. The average molecular weight is 270 g/mol. The molecule has 0 bridgehead atoms. The van der Waals surface area contributed by atoms with E-state index < -0.39 is 0 Å². The Labute approximate surface area is 121 Å². The predicted molar refractivity (Wildman–Crippen MR) is 83.6 cm³/mol. The molecule has 106 valence electrons. The first-order valence-electron chi connectivity index (χ1n) is 7.39. The van der Waals surface area contributed by atoms with Gasteiger partial charge in [-0.3, -0.25) is 0 Å². The molecule has 1 heteroatoms. The van der Waals surface area contributed by atoms with Gasteiger partial charge in [-0.05, 0) is 60.4 Å². The van der Waals surface area contributed by atoms with Crippen LogP contribution in [-0.2, 0) is 0 Å². The van der Waals surface area contributed by atoms with Crippen molar-refractivity contribution in [1.29, 1.82) is 0 Å². The molecule has 0 aliphatic carbocycles. The number of benzene rings is 2. The summed E-state index contributed by atoms with van der Waals surface area (Å²) in [4.78, 5) is 0. The summed E-state index contributed by atoms with van der Waals surface area (Å²) in [7, 11) is 0. The van der Waals surface area contributed by atoms with Gasteiger partial charge >= 0.3 is 0 Å². The highest BCUT2D eigenvalue weighted by Crippen LogP contribution is 2.29.